The molecular weight excluding hydrogens is 288 g/mol. The zero-order valence-corrected chi connectivity index (χ0v) is 10.6. The molecule has 1 aromatic carbocycles. The number of ether oxygens (including phenoxy) is 1. The van der Waals surface area contributed by atoms with E-state index in [9.17, 15) is 4.79 Å². The first-order chi connectivity index (χ1) is 6.56. The van der Waals surface area contributed by atoms with Gasteiger partial charge in [-0.2, -0.15) is 0 Å². The maximum absolute atomic E-state index is 11.4. The van der Waals surface area contributed by atoms with E-state index >= 15 is 0 Å². The SMILES string of the molecule is CCOC(=O)c1cc(Br)cc(S)c1Cl. The predicted molar refractivity (Wildman–Crippen MR) is 62.4 cm³/mol. The van der Waals surface area contributed by atoms with Crippen molar-refractivity contribution in [2.75, 3.05) is 6.61 Å². The molecule has 0 amide bonds. The van der Waals surface area contributed by atoms with E-state index in [1.165, 1.54) is 0 Å². The molecule has 0 radical (unpaired) electrons. The fourth-order valence-corrected chi connectivity index (χ4v) is 2.01. The van der Waals surface area contributed by atoms with Crippen LogP contribution in [0, 0.1) is 0 Å². The van der Waals surface area contributed by atoms with Gasteiger partial charge in [0.25, 0.3) is 0 Å². The lowest BCUT2D eigenvalue weighted by Crippen LogP contribution is -2.05. The molecule has 0 atom stereocenters. The summed E-state index contributed by atoms with van der Waals surface area (Å²) in [5.41, 5.74) is 0.327. The summed E-state index contributed by atoms with van der Waals surface area (Å²) in [7, 11) is 0. The first-order valence-corrected chi connectivity index (χ1v) is 5.53. The van der Waals surface area contributed by atoms with Gasteiger partial charge >= 0.3 is 5.97 Å². The average Bonchev–Trinajstić information content (AvgIpc) is 2.11. The number of carbonyl (C=O) groups excluding carboxylic acids is 1. The molecule has 0 N–H and O–H groups in total. The molecule has 0 saturated heterocycles. The van der Waals surface area contributed by atoms with Gasteiger partial charge in [0.15, 0.2) is 0 Å². The third-order valence-electron chi connectivity index (χ3n) is 1.51. The van der Waals surface area contributed by atoms with Crippen molar-refractivity contribution < 1.29 is 9.53 Å². The molecule has 14 heavy (non-hydrogen) atoms. The zero-order valence-electron chi connectivity index (χ0n) is 7.38. The van der Waals surface area contributed by atoms with E-state index in [1.54, 1.807) is 19.1 Å². The molecule has 0 heterocycles. The quantitative estimate of drug-likeness (QED) is 0.667. The third-order valence-corrected chi connectivity index (χ3v) is 2.86. The number of benzene rings is 1. The molecule has 0 spiro atoms. The highest BCUT2D eigenvalue weighted by Gasteiger charge is 2.14. The van der Waals surface area contributed by atoms with Crippen LogP contribution in [-0.2, 0) is 4.74 Å². The van der Waals surface area contributed by atoms with Gasteiger partial charge < -0.3 is 4.74 Å². The summed E-state index contributed by atoms with van der Waals surface area (Å²) >= 11 is 13.3. The Morgan fingerprint density at radius 3 is 2.86 bits per heavy atom. The molecule has 0 saturated carbocycles. The Morgan fingerprint density at radius 2 is 2.29 bits per heavy atom. The zero-order chi connectivity index (χ0) is 10.7. The Balaban J connectivity index is 3.13. The number of carbonyl (C=O) groups is 1. The molecule has 0 bridgehead atoms. The highest BCUT2D eigenvalue weighted by molar-refractivity contribution is 9.10. The van der Waals surface area contributed by atoms with E-state index in [-0.39, 0.29) is 0 Å². The predicted octanol–water partition coefficient (Wildman–Crippen LogP) is 3.57. The second-order valence-electron chi connectivity index (χ2n) is 2.51. The van der Waals surface area contributed by atoms with Crippen molar-refractivity contribution in [3.8, 4) is 0 Å². The summed E-state index contributed by atoms with van der Waals surface area (Å²) < 4.78 is 5.59. The second-order valence-corrected chi connectivity index (χ2v) is 4.28. The van der Waals surface area contributed by atoms with Gasteiger partial charge in [-0.05, 0) is 19.1 Å². The van der Waals surface area contributed by atoms with Crippen molar-refractivity contribution in [2.24, 2.45) is 0 Å². The Morgan fingerprint density at radius 1 is 1.64 bits per heavy atom. The highest BCUT2D eigenvalue weighted by atomic mass is 79.9. The monoisotopic (exact) mass is 294 g/mol. The fourth-order valence-electron chi connectivity index (χ4n) is 0.932. The van der Waals surface area contributed by atoms with Gasteiger partial charge in [0.05, 0.1) is 17.2 Å². The van der Waals surface area contributed by atoms with Gasteiger partial charge in [0.1, 0.15) is 0 Å². The van der Waals surface area contributed by atoms with Crippen molar-refractivity contribution >= 4 is 46.1 Å². The summed E-state index contributed by atoms with van der Waals surface area (Å²) in [6.07, 6.45) is 0. The van der Waals surface area contributed by atoms with Crippen LogP contribution < -0.4 is 0 Å². The van der Waals surface area contributed by atoms with Gasteiger partial charge in [-0.25, -0.2) is 4.79 Å². The molecule has 0 aliphatic heterocycles. The lowest BCUT2D eigenvalue weighted by atomic mass is 10.2. The van der Waals surface area contributed by atoms with Crippen molar-refractivity contribution in [1.82, 2.24) is 0 Å². The number of esters is 1. The van der Waals surface area contributed by atoms with Crippen LogP contribution in [0.5, 0.6) is 0 Å². The topological polar surface area (TPSA) is 26.3 Å². The van der Waals surface area contributed by atoms with E-state index in [4.69, 9.17) is 16.3 Å². The number of halogens is 2. The Hall–Kier alpha value is -0.190. The average molecular weight is 296 g/mol. The highest BCUT2D eigenvalue weighted by Crippen LogP contribution is 2.29. The Labute approximate surface area is 101 Å². The van der Waals surface area contributed by atoms with Crippen LogP contribution in [0.25, 0.3) is 0 Å². The molecule has 0 unspecified atom stereocenters. The van der Waals surface area contributed by atoms with Gasteiger partial charge in [-0.3, -0.25) is 0 Å². The van der Waals surface area contributed by atoms with Crippen molar-refractivity contribution in [2.45, 2.75) is 11.8 Å². The van der Waals surface area contributed by atoms with E-state index < -0.39 is 5.97 Å². The van der Waals surface area contributed by atoms with Crippen LogP contribution in [0.4, 0.5) is 0 Å². The van der Waals surface area contributed by atoms with E-state index in [0.29, 0.717) is 22.1 Å². The summed E-state index contributed by atoms with van der Waals surface area (Å²) in [6.45, 7) is 2.06. The minimum Gasteiger partial charge on any atom is -0.462 e. The molecule has 0 aliphatic rings. The molecule has 1 aromatic rings. The van der Waals surface area contributed by atoms with E-state index in [0.717, 1.165) is 4.47 Å². The maximum atomic E-state index is 11.4. The van der Waals surface area contributed by atoms with E-state index in [2.05, 4.69) is 28.6 Å². The number of hydrogen-bond acceptors (Lipinski definition) is 3. The molecule has 2 nitrogen and oxygen atoms in total. The lowest BCUT2D eigenvalue weighted by molar-refractivity contribution is 0.0526. The lowest BCUT2D eigenvalue weighted by Gasteiger charge is -2.06. The van der Waals surface area contributed by atoms with Crippen LogP contribution in [0.1, 0.15) is 17.3 Å². The summed E-state index contributed by atoms with van der Waals surface area (Å²) in [5, 5.41) is 0.315. The summed E-state index contributed by atoms with van der Waals surface area (Å²) in [6, 6.07) is 3.33. The Kier molecular flexibility index (Phi) is 4.29. The largest absolute Gasteiger partial charge is 0.462 e. The fraction of sp³-hybridized carbons (Fsp3) is 0.222. The van der Waals surface area contributed by atoms with Gasteiger partial charge in [0.2, 0.25) is 0 Å². The van der Waals surface area contributed by atoms with E-state index in [1.807, 2.05) is 0 Å². The number of rotatable bonds is 2. The van der Waals surface area contributed by atoms with Crippen molar-refractivity contribution in [3.05, 3.63) is 27.2 Å². The van der Waals surface area contributed by atoms with Crippen molar-refractivity contribution in [3.63, 3.8) is 0 Å². The summed E-state index contributed by atoms with van der Waals surface area (Å²) in [4.78, 5) is 12.0. The normalized spacial score (nSPS) is 10.0. The molecule has 0 aromatic heterocycles. The van der Waals surface area contributed by atoms with Gasteiger partial charge in [0, 0.05) is 9.37 Å². The minimum absolute atomic E-state index is 0.315. The van der Waals surface area contributed by atoms with Gasteiger partial charge in [-0.1, -0.05) is 27.5 Å². The van der Waals surface area contributed by atoms with Gasteiger partial charge in [-0.15, -0.1) is 12.6 Å². The summed E-state index contributed by atoms with van der Waals surface area (Å²) in [5.74, 6) is -0.436. The molecule has 1 rings (SSSR count). The third kappa shape index (κ3) is 2.65. The number of hydrogen-bond donors (Lipinski definition) is 1. The molecule has 5 heteroatoms. The van der Waals surface area contributed by atoms with Crippen LogP contribution in [-0.4, -0.2) is 12.6 Å². The molecular formula is C9H8BrClO2S. The molecule has 76 valence electrons. The molecule has 0 fully saturated rings. The Bertz CT molecular complexity index is 368. The number of thiol groups is 1. The van der Waals surface area contributed by atoms with Crippen LogP contribution in [0.2, 0.25) is 5.02 Å². The molecule has 0 aliphatic carbocycles. The maximum Gasteiger partial charge on any atom is 0.339 e. The minimum atomic E-state index is -0.436. The van der Waals surface area contributed by atoms with Crippen LogP contribution in [0.15, 0.2) is 21.5 Å². The first-order valence-electron chi connectivity index (χ1n) is 3.91. The van der Waals surface area contributed by atoms with Crippen molar-refractivity contribution in [1.29, 1.82) is 0 Å². The smallest absolute Gasteiger partial charge is 0.339 e. The standard InChI is InChI=1S/C9H8BrClO2S/c1-2-13-9(12)6-3-5(10)4-7(14)8(6)11/h3-4,14H,2H2,1H3. The van der Waals surface area contributed by atoms with Crippen LogP contribution in [0.3, 0.4) is 0 Å². The second kappa shape index (κ2) is 5.05. The first kappa shape index (κ1) is 11.9. The van der Waals surface area contributed by atoms with Crippen LogP contribution >= 0.6 is 40.2 Å².